The van der Waals surface area contributed by atoms with Gasteiger partial charge in [0.2, 0.25) is 11.7 Å². The first-order valence-corrected chi connectivity index (χ1v) is 8.95. The maximum atomic E-state index is 13.5. The van der Waals surface area contributed by atoms with Gasteiger partial charge >= 0.3 is 5.97 Å². The normalized spacial score (nSPS) is 14.3. The smallest absolute Gasteiger partial charge is 0.375 e. The highest BCUT2D eigenvalue weighted by atomic mass is 19.1. The fraction of sp³-hybridized carbons (Fsp3) is 0.190. The summed E-state index contributed by atoms with van der Waals surface area (Å²) in [5, 5.41) is 3.15. The SMILES string of the molecule is Cc1c(C(=O)O[C@H](C)C(=O)N2CC(=O)Nc3ccccc32)oc2ccc(F)cc12. The molecule has 1 aliphatic heterocycles. The van der Waals surface area contributed by atoms with Crippen LogP contribution in [-0.2, 0) is 14.3 Å². The van der Waals surface area contributed by atoms with Crippen LogP contribution in [0.15, 0.2) is 46.9 Å². The van der Waals surface area contributed by atoms with Crippen molar-refractivity contribution in [3.63, 3.8) is 0 Å². The highest BCUT2D eigenvalue weighted by molar-refractivity contribution is 6.11. The number of rotatable bonds is 3. The van der Waals surface area contributed by atoms with E-state index in [2.05, 4.69) is 5.32 Å². The molecule has 0 fully saturated rings. The third-order valence-electron chi connectivity index (χ3n) is 4.75. The van der Waals surface area contributed by atoms with E-state index in [1.54, 1.807) is 31.2 Å². The van der Waals surface area contributed by atoms with Gasteiger partial charge in [-0.15, -0.1) is 0 Å². The van der Waals surface area contributed by atoms with E-state index in [1.807, 2.05) is 0 Å². The van der Waals surface area contributed by atoms with Gasteiger partial charge in [0.15, 0.2) is 6.10 Å². The zero-order valence-electron chi connectivity index (χ0n) is 15.7. The first kappa shape index (κ1) is 18.7. The van der Waals surface area contributed by atoms with Crippen molar-refractivity contribution in [3.05, 3.63) is 59.6 Å². The molecule has 1 atom stereocenters. The number of aryl methyl sites for hydroxylation is 1. The molecule has 1 aromatic heterocycles. The average molecular weight is 396 g/mol. The Morgan fingerprint density at radius 2 is 2.00 bits per heavy atom. The van der Waals surface area contributed by atoms with Crippen molar-refractivity contribution < 1.29 is 27.9 Å². The monoisotopic (exact) mass is 396 g/mol. The molecular formula is C21H17FN2O5. The van der Waals surface area contributed by atoms with Gasteiger partial charge in [0, 0.05) is 10.9 Å². The molecule has 0 spiro atoms. The summed E-state index contributed by atoms with van der Waals surface area (Å²) in [7, 11) is 0. The van der Waals surface area contributed by atoms with Crippen LogP contribution in [0, 0.1) is 12.7 Å². The van der Waals surface area contributed by atoms with E-state index < -0.39 is 23.8 Å². The molecule has 7 nitrogen and oxygen atoms in total. The van der Waals surface area contributed by atoms with Gasteiger partial charge in [-0.1, -0.05) is 12.1 Å². The molecule has 0 saturated heterocycles. The molecule has 2 aromatic carbocycles. The summed E-state index contributed by atoms with van der Waals surface area (Å²) in [6.45, 7) is 2.85. The maximum absolute atomic E-state index is 13.5. The summed E-state index contributed by atoms with van der Waals surface area (Å²) >= 11 is 0. The molecule has 29 heavy (non-hydrogen) atoms. The standard InChI is InChI=1S/C21H17FN2O5/c1-11-14-9-13(22)7-8-17(14)29-19(11)21(27)28-12(2)20(26)24-10-18(25)23-15-5-3-4-6-16(15)24/h3-9,12H,10H2,1-2H3,(H,23,25)/t12-/m1/s1. The number of ether oxygens (including phenoxy) is 1. The summed E-state index contributed by atoms with van der Waals surface area (Å²) in [5.41, 5.74) is 1.80. The number of carbonyl (C=O) groups excluding carboxylic acids is 3. The lowest BCUT2D eigenvalue weighted by Crippen LogP contribution is -2.47. The second kappa shape index (κ2) is 7.05. The highest BCUT2D eigenvalue weighted by Crippen LogP contribution is 2.30. The topological polar surface area (TPSA) is 88.9 Å². The Morgan fingerprint density at radius 1 is 1.24 bits per heavy atom. The van der Waals surface area contributed by atoms with E-state index >= 15 is 0 Å². The van der Waals surface area contributed by atoms with Crippen molar-refractivity contribution in [3.8, 4) is 0 Å². The number of amides is 2. The Morgan fingerprint density at radius 3 is 2.79 bits per heavy atom. The maximum Gasteiger partial charge on any atom is 0.375 e. The molecule has 0 radical (unpaired) electrons. The number of benzene rings is 2. The zero-order chi connectivity index (χ0) is 20.7. The van der Waals surface area contributed by atoms with Crippen LogP contribution in [0.3, 0.4) is 0 Å². The molecule has 0 aliphatic carbocycles. The molecule has 0 unspecified atom stereocenters. The number of furan rings is 1. The van der Waals surface area contributed by atoms with E-state index in [9.17, 15) is 18.8 Å². The molecule has 1 aliphatic rings. The Kier molecular flexibility index (Phi) is 4.54. The van der Waals surface area contributed by atoms with E-state index in [1.165, 1.54) is 30.0 Å². The van der Waals surface area contributed by atoms with Crippen LogP contribution >= 0.6 is 0 Å². The second-order valence-corrected chi connectivity index (χ2v) is 6.73. The molecule has 4 rings (SSSR count). The van der Waals surface area contributed by atoms with Gasteiger partial charge in [0.25, 0.3) is 5.91 Å². The van der Waals surface area contributed by atoms with Gasteiger partial charge in [-0.05, 0) is 44.2 Å². The first-order chi connectivity index (χ1) is 13.8. The number of fused-ring (bicyclic) bond motifs is 2. The van der Waals surface area contributed by atoms with Crippen LogP contribution in [0.2, 0.25) is 0 Å². The van der Waals surface area contributed by atoms with Crippen molar-refractivity contribution in [1.82, 2.24) is 0 Å². The van der Waals surface area contributed by atoms with Gasteiger partial charge < -0.3 is 14.5 Å². The lowest BCUT2D eigenvalue weighted by molar-refractivity contribution is -0.128. The number of nitrogens with one attached hydrogen (secondary N) is 1. The largest absolute Gasteiger partial charge is 0.449 e. The summed E-state index contributed by atoms with van der Waals surface area (Å²) in [6, 6.07) is 10.8. The number of para-hydroxylation sites is 2. The zero-order valence-corrected chi connectivity index (χ0v) is 15.7. The average Bonchev–Trinajstić information content (AvgIpc) is 3.02. The van der Waals surface area contributed by atoms with Gasteiger partial charge in [-0.25, -0.2) is 9.18 Å². The second-order valence-electron chi connectivity index (χ2n) is 6.73. The minimum absolute atomic E-state index is 0.0953. The third-order valence-corrected chi connectivity index (χ3v) is 4.75. The predicted octanol–water partition coefficient (Wildman–Crippen LogP) is 3.41. The molecule has 2 heterocycles. The van der Waals surface area contributed by atoms with Crippen LogP contribution < -0.4 is 10.2 Å². The lowest BCUT2D eigenvalue weighted by Gasteiger charge is -2.30. The van der Waals surface area contributed by atoms with E-state index in [-0.39, 0.29) is 18.2 Å². The van der Waals surface area contributed by atoms with E-state index in [4.69, 9.17) is 9.15 Å². The number of anilines is 2. The quantitative estimate of drug-likeness (QED) is 0.686. The first-order valence-electron chi connectivity index (χ1n) is 8.95. The highest BCUT2D eigenvalue weighted by Gasteiger charge is 2.32. The number of esters is 1. The predicted molar refractivity (Wildman–Crippen MR) is 103 cm³/mol. The van der Waals surface area contributed by atoms with Crippen molar-refractivity contribution in [2.75, 3.05) is 16.8 Å². The fourth-order valence-corrected chi connectivity index (χ4v) is 3.30. The van der Waals surface area contributed by atoms with Crippen molar-refractivity contribution in [1.29, 1.82) is 0 Å². The number of hydrogen-bond donors (Lipinski definition) is 1. The van der Waals surface area contributed by atoms with Crippen LogP contribution in [0.25, 0.3) is 11.0 Å². The van der Waals surface area contributed by atoms with Crippen LogP contribution in [0.1, 0.15) is 23.0 Å². The molecule has 2 amide bonds. The lowest BCUT2D eigenvalue weighted by atomic mass is 10.1. The Labute approximate surface area is 165 Å². The summed E-state index contributed by atoms with van der Waals surface area (Å²) in [4.78, 5) is 38.6. The fourth-order valence-electron chi connectivity index (χ4n) is 3.30. The van der Waals surface area contributed by atoms with Gasteiger partial charge in [-0.3, -0.25) is 14.5 Å². The molecule has 0 saturated carbocycles. The van der Waals surface area contributed by atoms with E-state index in [0.717, 1.165) is 0 Å². The van der Waals surface area contributed by atoms with Gasteiger partial charge in [-0.2, -0.15) is 0 Å². The van der Waals surface area contributed by atoms with Crippen molar-refractivity contribution in [2.24, 2.45) is 0 Å². The Hall–Kier alpha value is -3.68. The summed E-state index contributed by atoms with van der Waals surface area (Å²) in [6.07, 6.45) is -1.16. The summed E-state index contributed by atoms with van der Waals surface area (Å²) < 4.78 is 24.2. The third kappa shape index (κ3) is 3.33. The molecule has 148 valence electrons. The Bertz CT molecular complexity index is 1150. The van der Waals surface area contributed by atoms with Gasteiger partial charge in [0.05, 0.1) is 11.4 Å². The van der Waals surface area contributed by atoms with E-state index in [0.29, 0.717) is 27.9 Å². The summed E-state index contributed by atoms with van der Waals surface area (Å²) in [5.74, 6) is -2.27. The number of nitrogens with zero attached hydrogens (tertiary/aromatic N) is 1. The molecule has 1 N–H and O–H groups in total. The van der Waals surface area contributed by atoms with Crippen LogP contribution in [-0.4, -0.2) is 30.4 Å². The minimum Gasteiger partial charge on any atom is -0.449 e. The molecular weight excluding hydrogens is 379 g/mol. The Balaban J connectivity index is 1.56. The number of hydrogen-bond acceptors (Lipinski definition) is 5. The molecule has 3 aromatic rings. The minimum atomic E-state index is -1.16. The van der Waals surface area contributed by atoms with Crippen molar-refractivity contribution >= 4 is 40.1 Å². The number of halogens is 1. The van der Waals surface area contributed by atoms with Crippen molar-refractivity contribution in [2.45, 2.75) is 20.0 Å². The molecule has 8 heteroatoms. The van der Waals surface area contributed by atoms with Crippen LogP contribution in [0.4, 0.5) is 15.8 Å². The molecule has 0 bridgehead atoms. The van der Waals surface area contributed by atoms with Gasteiger partial charge in [0.1, 0.15) is 17.9 Å². The van der Waals surface area contributed by atoms with Crippen LogP contribution in [0.5, 0.6) is 0 Å². The number of carbonyl (C=O) groups is 3.